The number of aliphatic hydroxyl groups is 1. The molecule has 21 heavy (non-hydrogen) atoms. The second-order valence-corrected chi connectivity index (χ2v) is 5.97. The second kappa shape index (κ2) is 7.88. The van der Waals surface area contributed by atoms with Crippen LogP contribution in [0.1, 0.15) is 26.3 Å². The van der Waals surface area contributed by atoms with Gasteiger partial charge in [0.25, 0.3) is 0 Å². The number of hydrogen-bond donors (Lipinski definition) is 2. The van der Waals surface area contributed by atoms with Crippen LogP contribution in [0.4, 0.5) is 4.79 Å². The molecule has 0 saturated carbocycles. The molecule has 1 aromatic carbocycles. The van der Waals surface area contributed by atoms with Gasteiger partial charge in [0.1, 0.15) is 12.4 Å². The average Bonchev–Trinajstić information content (AvgIpc) is 2.43. The minimum atomic E-state index is -0.211. The van der Waals surface area contributed by atoms with Crippen LogP contribution in [-0.4, -0.2) is 49.4 Å². The van der Waals surface area contributed by atoms with E-state index in [-0.39, 0.29) is 18.1 Å². The summed E-state index contributed by atoms with van der Waals surface area (Å²) in [5, 5.41) is 11.5. The van der Waals surface area contributed by atoms with Crippen molar-refractivity contribution in [3.05, 3.63) is 29.8 Å². The maximum absolute atomic E-state index is 11.6. The molecule has 0 bridgehead atoms. The third-order valence-corrected chi connectivity index (χ3v) is 3.11. The Morgan fingerprint density at radius 1 is 1.33 bits per heavy atom. The van der Waals surface area contributed by atoms with Crippen molar-refractivity contribution >= 4 is 6.03 Å². The Kier molecular flexibility index (Phi) is 6.49. The molecule has 5 heteroatoms. The zero-order chi connectivity index (χ0) is 15.9. The van der Waals surface area contributed by atoms with Gasteiger partial charge < -0.3 is 20.1 Å². The lowest BCUT2D eigenvalue weighted by atomic mass is 9.86. The van der Waals surface area contributed by atoms with E-state index in [1.54, 1.807) is 7.05 Å². The molecule has 0 aromatic heterocycles. The van der Waals surface area contributed by atoms with E-state index in [1.807, 2.05) is 18.2 Å². The molecule has 1 aromatic rings. The first-order chi connectivity index (χ1) is 9.86. The van der Waals surface area contributed by atoms with Crippen LogP contribution >= 0.6 is 0 Å². The largest absolute Gasteiger partial charge is 0.491 e. The fourth-order valence-corrected chi connectivity index (χ4v) is 1.92. The predicted molar refractivity (Wildman–Crippen MR) is 83.8 cm³/mol. The van der Waals surface area contributed by atoms with E-state index in [9.17, 15) is 4.79 Å². The summed E-state index contributed by atoms with van der Waals surface area (Å²) in [6.07, 6.45) is 0. The van der Waals surface area contributed by atoms with Crippen LogP contribution in [0.25, 0.3) is 0 Å². The number of nitrogens with one attached hydrogen (secondary N) is 1. The number of likely N-dealkylation sites (N-methyl/N-ethyl adjacent to an activating group) is 1. The van der Waals surface area contributed by atoms with Gasteiger partial charge in [-0.05, 0) is 17.0 Å². The first-order valence-corrected chi connectivity index (χ1v) is 7.18. The fourth-order valence-electron chi connectivity index (χ4n) is 1.92. The fraction of sp³-hybridized carbons (Fsp3) is 0.562. The van der Waals surface area contributed by atoms with Crippen LogP contribution in [0.2, 0.25) is 0 Å². The first-order valence-electron chi connectivity index (χ1n) is 7.18. The summed E-state index contributed by atoms with van der Waals surface area (Å²) in [5.74, 6) is 0.850. The molecule has 0 spiro atoms. The monoisotopic (exact) mass is 294 g/mol. The highest BCUT2D eigenvalue weighted by Gasteiger charge is 2.18. The molecular formula is C16H26N2O3. The Morgan fingerprint density at radius 2 is 2.00 bits per heavy atom. The quantitative estimate of drug-likeness (QED) is 0.789. The number of carbonyl (C=O) groups is 1. The molecular weight excluding hydrogens is 268 g/mol. The van der Waals surface area contributed by atoms with Gasteiger partial charge in [0.15, 0.2) is 0 Å². The number of amides is 2. The number of ether oxygens (including phenoxy) is 1. The molecule has 0 fully saturated rings. The van der Waals surface area contributed by atoms with E-state index >= 15 is 0 Å². The van der Waals surface area contributed by atoms with E-state index < -0.39 is 0 Å². The molecule has 0 heterocycles. The van der Waals surface area contributed by atoms with E-state index in [1.165, 1.54) is 4.90 Å². The molecule has 0 radical (unpaired) electrons. The molecule has 0 aliphatic carbocycles. The Labute approximate surface area is 126 Å². The number of para-hydroxylation sites is 1. The molecule has 0 aliphatic rings. The van der Waals surface area contributed by atoms with Crippen molar-refractivity contribution in [2.45, 2.75) is 26.2 Å². The number of carbonyl (C=O) groups excluding carboxylic acids is 1. The summed E-state index contributed by atoms with van der Waals surface area (Å²) in [6.45, 7) is 7.53. The van der Waals surface area contributed by atoms with Crippen molar-refractivity contribution in [1.82, 2.24) is 10.2 Å². The lowest BCUT2D eigenvalue weighted by molar-refractivity contribution is 0.188. The van der Waals surface area contributed by atoms with Gasteiger partial charge in [0.2, 0.25) is 0 Å². The molecule has 2 N–H and O–H groups in total. The number of rotatable bonds is 6. The van der Waals surface area contributed by atoms with Gasteiger partial charge >= 0.3 is 6.03 Å². The number of urea groups is 1. The van der Waals surface area contributed by atoms with Crippen molar-refractivity contribution in [2.75, 3.05) is 33.4 Å². The molecule has 0 aliphatic heterocycles. The Balaban J connectivity index is 2.45. The zero-order valence-corrected chi connectivity index (χ0v) is 13.3. The molecule has 0 saturated heterocycles. The summed E-state index contributed by atoms with van der Waals surface area (Å²) in [6, 6.07) is 7.73. The maximum atomic E-state index is 11.6. The molecule has 0 unspecified atom stereocenters. The van der Waals surface area contributed by atoms with Crippen molar-refractivity contribution in [3.8, 4) is 5.75 Å². The smallest absolute Gasteiger partial charge is 0.317 e. The predicted octanol–water partition coefficient (Wildman–Crippen LogP) is 2.00. The zero-order valence-electron chi connectivity index (χ0n) is 13.3. The van der Waals surface area contributed by atoms with Crippen LogP contribution < -0.4 is 10.1 Å². The lowest BCUT2D eigenvalue weighted by Gasteiger charge is -2.23. The number of hydrogen-bond acceptors (Lipinski definition) is 3. The topological polar surface area (TPSA) is 61.8 Å². The number of aliphatic hydroxyl groups excluding tert-OH is 1. The highest BCUT2D eigenvalue weighted by molar-refractivity contribution is 5.73. The second-order valence-electron chi connectivity index (χ2n) is 5.97. The van der Waals surface area contributed by atoms with Crippen LogP contribution in [0.3, 0.4) is 0 Å². The summed E-state index contributed by atoms with van der Waals surface area (Å²) in [4.78, 5) is 13.1. The Bertz CT molecular complexity index is 455. The van der Waals surface area contributed by atoms with E-state index in [0.717, 1.165) is 11.3 Å². The minimum Gasteiger partial charge on any atom is -0.491 e. The Morgan fingerprint density at radius 3 is 2.62 bits per heavy atom. The lowest BCUT2D eigenvalue weighted by Crippen LogP contribution is -2.40. The third kappa shape index (κ3) is 5.63. The summed E-state index contributed by atoms with van der Waals surface area (Å²) < 4.78 is 5.77. The minimum absolute atomic E-state index is 0.0151. The molecule has 118 valence electrons. The highest BCUT2D eigenvalue weighted by atomic mass is 16.5. The van der Waals surface area contributed by atoms with Gasteiger partial charge in [-0.2, -0.15) is 0 Å². The number of nitrogens with zero attached hydrogens (tertiary/aromatic N) is 1. The molecule has 5 nitrogen and oxygen atoms in total. The van der Waals surface area contributed by atoms with Crippen LogP contribution in [0, 0.1) is 0 Å². The average molecular weight is 294 g/mol. The van der Waals surface area contributed by atoms with Gasteiger partial charge in [0, 0.05) is 13.6 Å². The van der Waals surface area contributed by atoms with E-state index in [2.05, 4.69) is 32.2 Å². The maximum Gasteiger partial charge on any atom is 0.317 e. The summed E-state index contributed by atoms with van der Waals surface area (Å²) in [7, 11) is 1.64. The van der Waals surface area contributed by atoms with Gasteiger partial charge in [-0.3, -0.25) is 0 Å². The van der Waals surface area contributed by atoms with E-state index in [4.69, 9.17) is 9.84 Å². The third-order valence-electron chi connectivity index (χ3n) is 3.11. The van der Waals surface area contributed by atoms with E-state index in [0.29, 0.717) is 19.7 Å². The Hall–Kier alpha value is -1.75. The van der Waals surface area contributed by atoms with Crippen molar-refractivity contribution < 1.29 is 14.6 Å². The van der Waals surface area contributed by atoms with Gasteiger partial charge in [-0.15, -0.1) is 0 Å². The van der Waals surface area contributed by atoms with Gasteiger partial charge in [-0.25, -0.2) is 4.79 Å². The molecule has 1 rings (SSSR count). The van der Waals surface area contributed by atoms with Crippen LogP contribution in [0.5, 0.6) is 5.75 Å². The normalized spacial score (nSPS) is 11.1. The summed E-state index contributed by atoms with van der Waals surface area (Å²) in [5.41, 5.74) is 1.16. The van der Waals surface area contributed by atoms with Crippen molar-refractivity contribution in [3.63, 3.8) is 0 Å². The SMILES string of the molecule is CN(CCO)C(=O)NCCOc1ccccc1C(C)(C)C. The standard InChI is InChI=1S/C16H26N2O3/c1-16(2,3)13-7-5-6-8-14(13)21-12-9-17-15(20)18(4)10-11-19/h5-8,19H,9-12H2,1-4H3,(H,17,20). The van der Waals surface area contributed by atoms with Gasteiger partial charge in [0.05, 0.1) is 13.2 Å². The van der Waals surface area contributed by atoms with Crippen molar-refractivity contribution in [2.24, 2.45) is 0 Å². The molecule has 2 amide bonds. The van der Waals surface area contributed by atoms with Crippen LogP contribution in [0.15, 0.2) is 24.3 Å². The van der Waals surface area contributed by atoms with Crippen LogP contribution in [-0.2, 0) is 5.41 Å². The first kappa shape index (κ1) is 17.3. The number of benzene rings is 1. The molecule has 0 atom stereocenters. The highest BCUT2D eigenvalue weighted by Crippen LogP contribution is 2.30. The van der Waals surface area contributed by atoms with Crippen molar-refractivity contribution in [1.29, 1.82) is 0 Å². The van der Waals surface area contributed by atoms with Gasteiger partial charge in [-0.1, -0.05) is 39.0 Å². The summed E-state index contributed by atoms with van der Waals surface area (Å²) >= 11 is 0.